The molecule has 0 amide bonds. The van der Waals surface area contributed by atoms with Crippen molar-refractivity contribution in [2.24, 2.45) is 0 Å². The van der Waals surface area contributed by atoms with Crippen molar-refractivity contribution in [2.75, 3.05) is 0 Å². The molecule has 9 nitrogen and oxygen atoms in total. The molecule has 0 saturated carbocycles. The van der Waals surface area contributed by atoms with Gasteiger partial charge in [-0.2, -0.15) is 5.10 Å². The van der Waals surface area contributed by atoms with Crippen molar-refractivity contribution in [1.82, 2.24) is 35.4 Å². The molecule has 5 rings (SSSR count). The number of benzene rings is 3. The quantitative estimate of drug-likeness (QED) is 0.297. The van der Waals surface area contributed by atoms with Crippen LogP contribution in [0.4, 0.5) is 0 Å². The van der Waals surface area contributed by atoms with E-state index in [0.717, 1.165) is 57.9 Å². The van der Waals surface area contributed by atoms with Crippen molar-refractivity contribution in [3.8, 4) is 33.9 Å². The number of nitrogens with one attached hydrogen (secondary N) is 1. The number of tetrazole rings is 1. The van der Waals surface area contributed by atoms with Crippen LogP contribution >= 0.6 is 0 Å². The molecule has 37 heavy (non-hydrogen) atoms. The molecule has 0 aliphatic carbocycles. The first-order valence-corrected chi connectivity index (χ1v) is 12.2. The molecular weight excluding hydrogens is 466 g/mol. The molecule has 0 aliphatic rings. The van der Waals surface area contributed by atoms with Gasteiger partial charge in [0.15, 0.2) is 17.5 Å². The number of carboxylic acids is 1. The highest BCUT2D eigenvalue weighted by atomic mass is 16.4. The molecular formula is C28H27N7O2. The summed E-state index contributed by atoms with van der Waals surface area (Å²) >= 11 is 0. The molecule has 2 aromatic heterocycles. The third kappa shape index (κ3) is 5.16. The van der Waals surface area contributed by atoms with Crippen LogP contribution in [0, 0.1) is 0 Å². The third-order valence-electron chi connectivity index (χ3n) is 6.35. The summed E-state index contributed by atoms with van der Waals surface area (Å²) < 4.78 is 1.92. The zero-order chi connectivity index (χ0) is 25.8. The molecule has 2 N–H and O–H groups in total. The Morgan fingerprint density at radius 1 is 0.973 bits per heavy atom. The Bertz CT molecular complexity index is 1490. The van der Waals surface area contributed by atoms with Crippen LogP contribution in [0.5, 0.6) is 0 Å². The Hall–Kier alpha value is -4.66. The predicted octanol–water partition coefficient (Wildman–Crippen LogP) is 4.98. The molecule has 0 fully saturated rings. The fraction of sp³-hybridized carbons (Fsp3) is 0.214. The van der Waals surface area contributed by atoms with Crippen LogP contribution in [0.1, 0.15) is 43.1 Å². The van der Waals surface area contributed by atoms with Crippen molar-refractivity contribution in [3.63, 3.8) is 0 Å². The van der Waals surface area contributed by atoms with Crippen LogP contribution in [0.25, 0.3) is 33.9 Å². The zero-order valence-corrected chi connectivity index (χ0v) is 20.7. The number of H-pyrrole nitrogens is 1. The van der Waals surface area contributed by atoms with E-state index in [2.05, 4.69) is 51.8 Å². The van der Waals surface area contributed by atoms with Gasteiger partial charge in [-0.05, 0) is 46.0 Å². The molecule has 0 spiro atoms. The van der Waals surface area contributed by atoms with Crippen LogP contribution in [0.3, 0.4) is 0 Å². The molecule has 0 saturated heterocycles. The van der Waals surface area contributed by atoms with Crippen LogP contribution in [0.2, 0.25) is 0 Å². The standard InChI is InChI=1S/C28H27N7O2/c1-3-6-25-29-27(22-15-13-20(14-16-22)18(2)28(36)37)35(32-25)17-19-9-11-21(12-10-19)23-7-4-5-8-24(23)26-30-33-34-31-26/h4-5,7-16,18H,3,6,17H2,1-2H3,(H,36,37)(H,30,31,33,34). The summed E-state index contributed by atoms with van der Waals surface area (Å²) in [6.45, 7) is 4.35. The lowest BCUT2D eigenvalue weighted by molar-refractivity contribution is -0.138. The number of aryl methyl sites for hydroxylation is 1. The van der Waals surface area contributed by atoms with E-state index in [1.54, 1.807) is 6.92 Å². The van der Waals surface area contributed by atoms with Gasteiger partial charge in [0.25, 0.3) is 0 Å². The molecule has 186 valence electrons. The van der Waals surface area contributed by atoms with E-state index in [1.807, 2.05) is 53.2 Å². The van der Waals surface area contributed by atoms with E-state index in [9.17, 15) is 9.90 Å². The van der Waals surface area contributed by atoms with E-state index < -0.39 is 11.9 Å². The van der Waals surface area contributed by atoms with Crippen molar-refractivity contribution < 1.29 is 9.90 Å². The van der Waals surface area contributed by atoms with E-state index in [1.165, 1.54) is 0 Å². The van der Waals surface area contributed by atoms with Gasteiger partial charge in [-0.15, -0.1) is 5.10 Å². The Balaban J connectivity index is 1.42. The Kier molecular flexibility index (Phi) is 6.85. The number of carbonyl (C=O) groups is 1. The molecule has 1 atom stereocenters. The van der Waals surface area contributed by atoms with E-state index in [4.69, 9.17) is 10.1 Å². The summed E-state index contributed by atoms with van der Waals surface area (Å²) in [5.74, 6) is 0.785. The number of aromatic nitrogens is 7. The summed E-state index contributed by atoms with van der Waals surface area (Å²) in [7, 11) is 0. The Labute approximate surface area is 214 Å². The van der Waals surface area contributed by atoms with Crippen molar-refractivity contribution in [1.29, 1.82) is 0 Å². The largest absolute Gasteiger partial charge is 0.481 e. The van der Waals surface area contributed by atoms with Gasteiger partial charge < -0.3 is 5.11 Å². The van der Waals surface area contributed by atoms with Crippen LogP contribution < -0.4 is 0 Å². The van der Waals surface area contributed by atoms with E-state index >= 15 is 0 Å². The number of carboxylic acid groups (broad SMARTS) is 1. The zero-order valence-electron chi connectivity index (χ0n) is 20.7. The molecule has 3 aromatic carbocycles. The highest BCUT2D eigenvalue weighted by Crippen LogP contribution is 2.30. The van der Waals surface area contributed by atoms with Gasteiger partial charge >= 0.3 is 5.97 Å². The van der Waals surface area contributed by atoms with Gasteiger partial charge in [-0.1, -0.05) is 79.7 Å². The average Bonchev–Trinajstić information content (AvgIpc) is 3.60. The van der Waals surface area contributed by atoms with Gasteiger partial charge in [0.05, 0.1) is 12.5 Å². The number of hydrogen-bond acceptors (Lipinski definition) is 6. The molecule has 9 heteroatoms. The molecule has 0 aliphatic heterocycles. The molecule has 1 unspecified atom stereocenters. The predicted molar refractivity (Wildman–Crippen MR) is 140 cm³/mol. The van der Waals surface area contributed by atoms with E-state index in [-0.39, 0.29) is 0 Å². The van der Waals surface area contributed by atoms with Crippen LogP contribution in [-0.2, 0) is 17.8 Å². The minimum atomic E-state index is -0.843. The Morgan fingerprint density at radius 2 is 1.68 bits per heavy atom. The number of nitrogens with zero attached hydrogens (tertiary/aromatic N) is 6. The van der Waals surface area contributed by atoms with Gasteiger partial charge in [-0.25, -0.2) is 14.8 Å². The molecule has 0 bridgehead atoms. The maximum absolute atomic E-state index is 11.3. The lowest BCUT2D eigenvalue weighted by Gasteiger charge is -2.10. The highest BCUT2D eigenvalue weighted by molar-refractivity contribution is 5.80. The number of hydrogen-bond donors (Lipinski definition) is 2. The third-order valence-corrected chi connectivity index (χ3v) is 6.35. The topological polar surface area (TPSA) is 122 Å². The SMILES string of the molecule is CCCc1nc(-c2ccc(C(C)C(=O)O)cc2)n(Cc2ccc(-c3ccccc3-c3nnn[nH]3)cc2)n1. The fourth-order valence-electron chi connectivity index (χ4n) is 4.28. The normalized spacial score (nSPS) is 11.9. The van der Waals surface area contributed by atoms with Gasteiger partial charge in [0.1, 0.15) is 0 Å². The number of aliphatic carboxylic acids is 1. The second-order valence-corrected chi connectivity index (χ2v) is 8.93. The van der Waals surface area contributed by atoms with Gasteiger partial charge in [0.2, 0.25) is 0 Å². The molecule has 2 heterocycles. The minimum absolute atomic E-state index is 0.563. The smallest absolute Gasteiger partial charge is 0.310 e. The Morgan fingerprint density at radius 3 is 2.32 bits per heavy atom. The monoisotopic (exact) mass is 493 g/mol. The summed E-state index contributed by atoms with van der Waals surface area (Å²) in [4.78, 5) is 16.1. The van der Waals surface area contributed by atoms with Crippen molar-refractivity contribution in [2.45, 2.75) is 39.2 Å². The summed E-state index contributed by atoms with van der Waals surface area (Å²) in [6, 6.07) is 23.9. The number of aromatic amines is 1. The van der Waals surface area contributed by atoms with Crippen LogP contribution in [0.15, 0.2) is 72.8 Å². The summed E-state index contributed by atoms with van der Waals surface area (Å²) in [6.07, 6.45) is 1.74. The fourth-order valence-corrected chi connectivity index (χ4v) is 4.28. The molecule has 5 aromatic rings. The summed E-state index contributed by atoms with van der Waals surface area (Å²) in [5, 5.41) is 28.4. The number of rotatable bonds is 9. The summed E-state index contributed by atoms with van der Waals surface area (Å²) in [5.41, 5.74) is 5.78. The van der Waals surface area contributed by atoms with Crippen molar-refractivity contribution in [3.05, 3.63) is 89.7 Å². The van der Waals surface area contributed by atoms with Gasteiger partial charge in [0, 0.05) is 17.5 Å². The first-order chi connectivity index (χ1) is 18.0. The maximum Gasteiger partial charge on any atom is 0.310 e. The lowest BCUT2D eigenvalue weighted by Crippen LogP contribution is -2.07. The second kappa shape index (κ2) is 10.5. The van der Waals surface area contributed by atoms with Gasteiger partial charge in [-0.3, -0.25) is 4.79 Å². The lowest BCUT2D eigenvalue weighted by atomic mass is 9.98. The molecule has 0 radical (unpaired) electrons. The van der Waals surface area contributed by atoms with E-state index in [0.29, 0.717) is 12.4 Å². The minimum Gasteiger partial charge on any atom is -0.481 e. The highest BCUT2D eigenvalue weighted by Gasteiger charge is 2.16. The first kappa shape index (κ1) is 24.1. The first-order valence-electron chi connectivity index (χ1n) is 12.2. The van der Waals surface area contributed by atoms with Crippen molar-refractivity contribution >= 4 is 5.97 Å². The van der Waals surface area contributed by atoms with Crippen LogP contribution in [-0.4, -0.2) is 46.5 Å². The maximum atomic E-state index is 11.3. The average molecular weight is 494 g/mol. The second-order valence-electron chi connectivity index (χ2n) is 8.93.